The van der Waals surface area contributed by atoms with Gasteiger partial charge in [0.05, 0.1) is 17.1 Å². The van der Waals surface area contributed by atoms with E-state index >= 15 is 0 Å². The van der Waals surface area contributed by atoms with Crippen LogP contribution >= 0.6 is 11.8 Å². The molecule has 0 saturated heterocycles. The van der Waals surface area contributed by atoms with Gasteiger partial charge in [-0.2, -0.15) is 5.10 Å². The third kappa shape index (κ3) is 3.08. The van der Waals surface area contributed by atoms with Crippen LogP contribution in [0.4, 0.5) is 5.82 Å². The summed E-state index contributed by atoms with van der Waals surface area (Å²) < 4.78 is 5.92. The molecular formula is C17H21N3O2S. The van der Waals surface area contributed by atoms with Gasteiger partial charge >= 0.3 is 0 Å². The first-order valence-electron chi connectivity index (χ1n) is 7.84. The first-order chi connectivity index (χ1) is 11.1. The molecule has 0 radical (unpaired) electrons. The topological polar surface area (TPSA) is 67.0 Å². The zero-order chi connectivity index (χ0) is 16.4. The lowest BCUT2D eigenvalue weighted by atomic mass is 10.0. The molecule has 2 aromatic rings. The second kappa shape index (κ2) is 6.66. The Hall–Kier alpha value is -1.95. The Morgan fingerprint density at radius 2 is 2.13 bits per heavy atom. The maximum atomic E-state index is 12.2. The third-order valence-corrected chi connectivity index (χ3v) is 5.26. The molecule has 0 bridgehead atoms. The minimum Gasteiger partial charge on any atom is -0.493 e. The largest absolute Gasteiger partial charge is 0.493 e. The monoisotopic (exact) mass is 331 g/mol. The van der Waals surface area contributed by atoms with Gasteiger partial charge in [-0.3, -0.25) is 9.89 Å². The van der Waals surface area contributed by atoms with E-state index in [-0.39, 0.29) is 16.4 Å². The van der Waals surface area contributed by atoms with E-state index in [4.69, 9.17) is 4.74 Å². The van der Waals surface area contributed by atoms with E-state index in [0.717, 1.165) is 29.0 Å². The summed E-state index contributed by atoms with van der Waals surface area (Å²) in [5.74, 6) is 1.48. The molecule has 2 N–H and O–H groups in total. The van der Waals surface area contributed by atoms with Gasteiger partial charge in [-0.1, -0.05) is 25.1 Å². The number of amides is 1. The van der Waals surface area contributed by atoms with Gasteiger partial charge in [-0.05, 0) is 26.3 Å². The van der Waals surface area contributed by atoms with Crippen molar-refractivity contribution in [3.63, 3.8) is 0 Å². The molecule has 6 heteroatoms. The Kier molecular flexibility index (Phi) is 4.61. The molecule has 2 heterocycles. The molecule has 2 unspecified atom stereocenters. The number of nitrogens with zero attached hydrogens (tertiary/aromatic N) is 1. The summed E-state index contributed by atoms with van der Waals surface area (Å²) in [5.41, 5.74) is 3.08. The van der Waals surface area contributed by atoms with Crippen molar-refractivity contribution in [2.45, 2.75) is 37.7 Å². The molecule has 3 rings (SSSR count). The Balaban J connectivity index is 2.07. The molecule has 1 aromatic heterocycles. The number of ether oxygens (including phenoxy) is 1. The molecule has 0 fully saturated rings. The lowest BCUT2D eigenvalue weighted by Crippen LogP contribution is -2.21. The Labute approximate surface area is 140 Å². The van der Waals surface area contributed by atoms with Crippen LogP contribution in [-0.2, 0) is 4.79 Å². The van der Waals surface area contributed by atoms with Crippen molar-refractivity contribution in [1.29, 1.82) is 0 Å². The summed E-state index contributed by atoms with van der Waals surface area (Å²) in [6, 6.07) is 8.05. The van der Waals surface area contributed by atoms with Gasteiger partial charge in [0.15, 0.2) is 5.82 Å². The summed E-state index contributed by atoms with van der Waals surface area (Å²) in [5, 5.41) is 10.0. The molecule has 23 heavy (non-hydrogen) atoms. The smallest absolute Gasteiger partial charge is 0.238 e. The fourth-order valence-corrected chi connectivity index (χ4v) is 4.03. The van der Waals surface area contributed by atoms with Gasteiger partial charge in [0, 0.05) is 16.8 Å². The first kappa shape index (κ1) is 15.9. The van der Waals surface area contributed by atoms with Gasteiger partial charge < -0.3 is 10.1 Å². The van der Waals surface area contributed by atoms with Gasteiger partial charge in [0.2, 0.25) is 5.91 Å². The van der Waals surface area contributed by atoms with Gasteiger partial charge in [-0.15, -0.1) is 11.8 Å². The second-order valence-electron chi connectivity index (χ2n) is 5.64. The number of aromatic nitrogens is 2. The Bertz CT molecular complexity index is 714. The maximum absolute atomic E-state index is 12.2. The Morgan fingerprint density at radius 3 is 2.91 bits per heavy atom. The number of carbonyl (C=O) groups is 1. The highest BCUT2D eigenvalue weighted by Crippen LogP contribution is 2.47. The molecule has 0 saturated carbocycles. The van der Waals surface area contributed by atoms with Crippen LogP contribution in [0.2, 0.25) is 0 Å². The van der Waals surface area contributed by atoms with Crippen molar-refractivity contribution >= 4 is 23.5 Å². The predicted octanol–water partition coefficient (Wildman–Crippen LogP) is 3.67. The number of aromatic amines is 1. The minimum atomic E-state index is -0.159. The number of para-hydroxylation sites is 1. The number of thioether (sulfide) groups is 1. The number of benzene rings is 1. The van der Waals surface area contributed by atoms with E-state index in [0.29, 0.717) is 12.4 Å². The van der Waals surface area contributed by atoms with E-state index in [9.17, 15) is 4.79 Å². The summed E-state index contributed by atoms with van der Waals surface area (Å²) in [6.07, 6.45) is 0.957. The number of rotatable bonds is 4. The number of nitrogens with one attached hydrogen (secondary N) is 2. The van der Waals surface area contributed by atoms with Crippen LogP contribution in [0.5, 0.6) is 5.75 Å². The van der Waals surface area contributed by atoms with Gasteiger partial charge in [0.25, 0.3) is 0 Å². The summed E-state index contributed by atoms with van der Waals surface area (Å²) in [7, 11) is 0. The highest BCUT2D eigenvalue weighted by molar-refractivity contribution is 8.01. The van der Waals surface area contributed by atoms with Crippen molar-refractivity contribution in [3.8, 4) is 5.75 Å². The minimum absolute atomic E-state index is 0.00533. The van der Waals surface area contributed by atoms with Crippen molar-refractivity contribution in [3.05, 3.63) is 41.1 Å². The zero-order valence-corrected chi connectivity index (χ0v) is 14.4. The maximum Gasteiger partial charge on any atom is 0.238 e. The van der Waals surface area contributed by atoms with Crippen LogP contribution in [-0.4, -0.2) is 28.0 Å². The van der Waals surface area contributed by atoms with E-state index in [1.807, 2.05) is 32.0 Å². The summed E-state index contributed by atoms with van der Waals surface area (Å²) >= 11 is 1.63. The summed E-state index contributed by atoms with van der Waals surface area (Å²) in [6.45, 7) is 6.68. The van der Waals surface area contributed by atoms with Crippen LogP contribution in [0.25, 0.3) is 0 Å². The fourth-order valence-electron chi connectivity index (χ4n) is 2.68. The molecule has 1 aliphatic rings. The molecule has 5 nitrogen and oxygen atoms in total. The fraction of sp³-hybridized carbons (Fsp3) is 0.412. The summed E-state index contributed by atoms with van der Waals surface area (Å²) in [4.78, 5) is 12.2. The van der Waals surface area contributed by atoms with E-state index in [1.54, 1.807) is 11.8 Å². The van der Waals surface area contributed by atoms with E-state index < -0.39 is 0 Å². The average Bonchev–Trinajstić information content (AvgIpc) is 2.85. The number of hydrogen-bond donors (Lipinski definition) is 2. The number of fused-ring (bicyclic) bond motifs is 1. The molecule has 2 atom stereocenters. The highest BCUT2D eigenvalue weighted by Gasteiger charge is 2.33. The molecule has 122 valence electrons. The first-order valence-corrected chi connectivity index (χ1v) is 8.79. The zero-order valence-electron chi connectivity index (χ0n) is 13.6. The van der Waals surface area contributed by atoms with Crippen molar-refractivity contribution in [2.75, 3.05) is 11.9 Å². The molecule has 1 amide bonds. The van der Waals surface area contributed by atoms with Crippen LogP contribution in [0.3, 0.4) is 0 Å². The normalized spacial score (nSPS) is 20.6. The quantitative estimate of drug-likeness (QED) is 0.897. The molecule has 0 spiro atoms. The SMILES string of the molecule is CCCOc1ccccc1C1SC(C)C(=O)Nc2n[nH]c(C)c21. The second-order valence-corrected chi connectivity index (χ2v) is 7.10. The predicted molar refractivity (Wildman–Crippen MR) is 93.1 cm³/mol. The number of anilines is 1. The Morgan fingerprint density at radius 1 is 1.35 bits per heavy atom. The van der Waals surface area contributed by atoms with Crippen LogP contribution < -0.4 is 10.1 Å². The van der Waals surface area contributed by atoms with Crippen LogP contribution in [0, 0.1) is 6.92 Å². The molecule has 0 aliphatic carbocycles. The number of hydrogen-bond acceptors (Lipinski definition) is 4. The number of aryl methyl sites for hydroxylation is 1. The van der Waals surface area contributed by atoms with E-state index in [1.165, 1.54) is 0 Å². The van der Waals surface area contributed by atoms with Crippen LogP contribution in [0.1, 0.15) is 42.3 Å². The van der Waals surface area contributed by atoms with Crippen molar-refractivity contribution in [1.82, 2.24) is 10.2 Å². The molecular weight excluding hydrogens is 310 g/mol. The average molecular weight is 331 g/mol. The standard InChI is InChI=1S/C17H21N3O2S/c1-4-9-22-13-8-6-5-7-12(13)15-14-10(2)19-20-16(14)18-17(21)11(3)23-15/h5-8,11,15H,4,9H2,1-3H3,(H2,18,19,20,21). The molecule has 1 aromatic carbocycles. The third-order valence-electron chi connectivity index (χ3n) is 3.87. The van der Waals surface area contributed by atoms with Crippen LogP contribution in [0.15, 0.2) is 24.3 Å². The lowest BCUT2D eigenvalue weighted by Gasteiger charge is -2.20. The van der Waals surface area contributed by atoms with Gasteiger partial charge in [-0.25, -0.2) is 0 Å². The van der Waals surface area contributed by atoms with Crippen molar-refractivity contribution in [2.24, 2.45) is 0 Å². The molecule has 1 aliphatic heterocycles. The van der Waals surface area contributed by atoms with E-state index in [2.05, 4.69) is 28.5 Å². The lowest BCUT2D eigenvalue weighted by molar-refractivity contribution is -0.115. The van der Waals surface area contributed by atoms with Gasteiger partial charge in [0.1, 0.15) is 5.75 Å². The van der Waals surface area contributed by atoms with Crippen molar-refractivity contribution < 1.29 is 9.53 Å². The number of H-pyrrole nitrogens is 1. The highest BCUT2D eigenvalue weighted by atomic mass is 32.2. The number of carbonyl (C=O) groups excluding carboxylic acids is 1.